The molecule has 0 saturated heterocycles. The Bertz CT molecular complexity index is 468. The van der Waals surface area contributed by atoms with E-state index in [4.69, 9.17) is 5.11 Å². The van der Waals surface area contributed by atoms with Crippen LogP contribution in [0.4, 0.5) is 13.2 Å². The summed E-state index contributed by atoms with van der Waals surface area (Å²) in [6.45, 7) is 1.24. The number of hydrogen-bond donors (Lipinski definition) is 2. The van der Waals surface area contributed by atoms with E-state index in [1.807, 2.05) is 0 Å². The third-order valence-corrected chi connectivity index (χ3v) is 2.49. The SMILES string of the molecule is COc1cc(C(C)C(=O)O)cc(C(F)(F)F)c1O. The van der Waals surface area contributed by atoms with Crippen molar-refractivity contribution in [1.29, 1.82) is 0 Å². The third-order valence-electron chi connectivity index (χ3n) is 2.49. The van der Waals surface area contributed by atoms with E-state index in [9.17, 15) is 23.1 Å². The Labute approximate surface area is 101 Å². The zero-order valence-electron chi connectivity index (χ0n) is 9.58. The second-order valence-electron chi connectivity index (χ2n) is 3.68. The van der Waals surface area contributed by atoms with Crippen LogP contribution in [0, 0.1) is 0 Å². The minimum absolute atomic E-state index is 0.0931. The number of ether oxygens (including phenoxy) is 1. The molecule has 1 atom stereocenters. The van der Waals surface area contributed by atoms with Gasteiger partial charge in [0.2, 0.25) is 0 Å². The van der Waals surface area contributed by atoms with Crippen molar-refractivity contribution in [3.63, 3.8) is 0 Å². The van der Waals surface area contributed by atoms with Crippen LogP contribution in [0.5, 0.6) is 11.5 Å². The number of aliphatic carboxylic acids is 1. The highest BCUT2D eigenvalue weighted by atomic mass is 19.4. The number of carboxylic acids is 1. The maximum atomic E-state index is 12.6. The Morgan fingerprint density at radius 3 is 2.33 bits per heavy atom. The standard InChI is InChI=1S/C11H11F3O4/c1-5(10(16)17)6-3-7(11(12,13)14)9(15)8(4-6)18-2/h3-5,15H,1-2H3,(H,16,17). The van der Waals surface area contributed by atoms with Crippen LogP contribution >= 0.6 is 0 Å². The lowest BCUT2D eigenvalue weighted by atomic mass is 9.98. The topological polar surface area (TPSA) is 66.8 Å². The van der Waals surface area contributed by atoms with Gasteiger partial charge in [-0.05, 0) is 24.6 Å². The molecule has 0 bridgehead atoms. The van der Waals surface area contributed by atoms with Gasteiger partial charge in [0, 0.05) is 0 Å². The van der Waals surface area contributed by atoms with Crippen LogP contribution < -0.4 is 4.74 Å². The van der Waals surface area contributed by atoms with Gasteiger partial charge in [-0.1, -0.05) is 0 Å². The molecule has 4 nitrogen and oxygen atoms in total. The molecule has 0 aromatic heterocycles. The number of rotatable bonds is 3. The summed E-state index contributed by atoms with van der Waals surface area (Å²) in [6.07, 6.45) is -4.79. The Balaban J connectivity index is 3.45. The zero-order valence-corrected chi connectivity index (χ0v) is 9.58. The molecule has 0 spiro atoms. The molecule has 0 aliphatic heterocycles. The average Bonchev–Trinajstić information content (AvgIpc) is 2.26. The highest BCUT2D eigenvalue weighted by Crippen LogP contribution is 2.42. The summed E-state index contributed by atoms with van der Waals surface area (Å²) >= 11 is 0. The Morgan fingerprint density at radius 2 is 1.94 bits per heavy atom. The van der Waals surface area contributed by atoms with Crippen molar-refractivity contribution in [1.82, 2.24) is 0 Å². The summed E-state index contributed by atoms with van der Waals surface area (Å²) in [5.41, 5.74) is -1.41. The summed E-state index contributed by atoms with van der Waals surface area (Å²) in [5, 5.41) is 18.2. The van der Waals surface area contributed by atoms with E-state index in [-0.39, 0.29) is 5.56 Å². The summed E-state index contributed by atoms with van der Waals surface area (Å²) in [6, 6.07) is 1.68. The lowest BCUT2D eigenvalue weighted by Gasteiger charge is -2.16. The molecule has 0 aliphatic carbocycles. The van der Waals surface area contributed by atoms with Crippen molar-refractivity contribution in [3.05, 3.63) is 23.3 Å². The van der Waals surface area contributed by atoms with Crippen LogP contribution in [0.25, 0.3) is 0 Å². The number of hydrogen-bond acceptors (Lipinski definition) is 3. The van der Waals surface area contributed by atoms with Crippen LogP contribution in [0.1, 0.15) is 24.0 Å². The average molecular weight is 264 g/mol. The van der Waals surface area contributed by atoms with Crippen molar-refractivity contribution in [2.75, 3.05) is 7.11 Å². The molecule has 1 rings (SSSR count). The molecule has 1 aromatic rings. The van der Waals surface area contributed by atoms with Crippen molar-refractivity contribution >= 4 is 5.97 Å². The van der Waals surface area contributed by atoms with Crippen molar-refractivity contribution in [2.45, 2.75) is 19.0 Å². The minimum atomic E-state index is -4.79. The van der Waals surface area contributed by atoms with Crippen molar-refractivity contribution in [3.8, 4) is 11.5 Å². The van der Waals surface area contributed by atoms with E-state index >= 15 is 0 Å². The molecule has 7 heteroatoms. The fourth-order valence-electron chi connectivity index (χ4n) is 1.39. The van der Waals surface area contributed by atoms with Crippen LogP contribution in [0.15, 0.2) is 12.1 Å². The smallest absolute Gasteiger partial charge is 0.420 e. The van der Waals surface area contributed by atoms with Gasteiger partial charge in [0.15, 0.2) is 11.5 Å². The predicted octanol–water partition coefficient (Wildman–Crippen LogP) is 2.61. The number of carbonyl (C=O) groups is 1. The van der Waals surface area contributed by atoms with Crippen molar-refractivity contribution in [2.24, 2.45) is 0 Å². The van der Waals surface area contributed by atoms with Crippen molar-refractivity contribution < 1.29 is 32.9 Å². The maximum Gasteiger partial charge on any atom is 0.420 e. The fraction of sp³-hybridized carbons (Fsp3) is 0.364. The quantitative estimate of drug-likeness (QED) is 0.880. The van der Waals surface area contributed by atoms with E-state index in [1.165, 1.54) is 6.92 Å². The molecule has 0 aliphatic rings. The van der Waals surface area contributed by atoms with Gasteiger partial charge in [0.05, 0.1) is 13.0 Å². The third kappa shape index (κ3) is 2.66. The highest BCUT2D eigenvalue weighted by molar-refractivity contribution is 5.76. The molecule has 1 unspecified atom stereocenters. The molecule has 2 N–H and O–H groups in total. The zero-order chi connectivity index (χ0) is 14.1. The van der Waals surface area contributed by atoms with Gasteiger partial charge >= 0.3 is 12.1 Å². The van der Waals surface area contributed by atoms with E-state index in [0.717, 1.165) is 13.2 Å². The van der Waals surface area contributed by atoms with Gasteiger partial charge in [0.25, 0.3) is 0 Å². The molecule has 18 heavy (non-hydrogen) atoms. The second-order valence-corrected chi connectivity index (χ2v) is 3.68. The molecule has 100 valence electrons. The van der Waals surface area contributed by atoms with Crippen LogP contribution in [-0.4, -0.2) is 23.3 Å². The summed E-state index contributed by atoms with van der Waals surface area (Å²) < 4.78 is 42.5. The molecule has 0 heterocycles. The molecular formula is C11H11F3O4. The lowest BCUT2D eigenvalue weighted by molar-refractivity contribution is -0.140. The van der Waals surface area contributed by atoms with Gasteiger partial charge in [-0.15, -0.1) is 0 Å². The summed E-state index contributed by atoms with van der Waals surface area (Å²) in [7, 11) is 1.09. The fourth-order valence-corrected chi connectivity index (χ4v) is 1.39. The van der Waals surface area contributed by atoms with E-state index in [2.05, 4.69) is 4.74 Å². The Kier molecular flexibility index (Phi) is 3.73. The first-order valence-electron chi connectivity index (χ1n) is 4.89. The first kappa shape index (κ1) is 14.1. The number of aromatic hydroxyl groups is 1. The van der Waals surface area contributed by atoms with E-state index in [0.29, 0.717) is 6.07 Å². The number of carboxylic acid groups (broad SMARTS) is 1. The van der Waals surface area contributed by atoms with Gasteiger partial charge in [-0.2, -0.15) is 13.2 Å². The maximum absolute atomic E-state index is 12.6. The molecular weight excluding hydrogens is 253 g/mol. The van der Waals surface area contributed by atoms with E-state index in [1.54, 1.807) is 0 Å². The van der Waals surface area contributed by atoms with Gasteiger partial charge in [-0.25, -0.2) is 0 Å². The Hall–Kier alpha value is -1.92. The lowest BCUT2D eigenvalue weighted by Crippen LogP contribution is -2.11. The molecule has 0 saturated carbocycles. The number of alkyl halides is 3. The van der Waals surface area contributed by atoms with Crippen LogP contribution in [0.2, 0.25) is 0 Å². The van der Waals surface area contributed by atoms with Gasteiger partial charge in [-0.3, -0.25) is 4.79 Å². The molecule has 0 amide bonds. The summed E-state index contributed by atoms with van der Waals surface area (Å²) in [4.78, 5) is 10.8. The predicted molar refractivity (Wildman–Crippen MR) is 55.7 cm³/mol. The highest BCUT2D eigenvalue weighted by Gasteiger charge is 2.36. The largest absolute Gasteiger partial charge is 0.504 e. The monoisotopic (exact) mass is 264 g/mol. The number of phenolic OH excluding ortho intramolecular Hbond substituents is 1. The summed E-state index contributed by atoms with van der Waals surface area (Å²) in [5.74, 6) is -3.87. The Morgan fingerprint density at radius 1 is 1.39 bits per heavy atom. The number of methoxy groups -OCH3 is 1. The van der Waals surface area contributed by atoms with E-state index < -0.39 is 35.1 Å². The van der Waals surface area contributed by atoms with Gasteiger partial charge < -0.3 is 14.9 Å². The minimum Gasteiger partial charge on any atom is -0.504 e. The first-order chi connectivity index (χ1) is 8.18. The number of phenols is 1. The van der Waals surface area contributed by atoms with Gasteiger partial charge in [0.1, 0.15) is 5.56 Å². The molecule has 1 aromatic carbocycles. The number of halogens is 3. The van der Waals surface area contributed by atoms with Crippen LogP contribution in [-0.2, 0) is 11.0 Å². The molecule has 0 radical (unpaired) electrons. The first-order valence-corrected chi connectivity index (χ1v) is 4.89. The molecule has 0 fully saturated rings. The van der Waals surface area contributed by atoms with Crippen LogP contribution in [0.3, 0.4) is 0 Å². The normalized spacial score (nSPS) is 13.2. The second kappa shape index (κ2) is 4.75. The number of benzene rings is 1.